The standard InChI is InChI=1S/C16H17NO4S/c1-11-8-9-14(21-11)16(18)17-13-6-4-10-22(19,20)15-7-3-2-5-12(13)15/h2-3,5,7-9,13H,4,6,10H2,1H3,(H,17,18). The minimum absolute atomic E-state index is 0.107. The maximum absolute atomic E-state index is 12.3. The van der Waals surface area contributed by atoms with Crippen LogP contribution in [0.5, 0.6) is 0 Å². The van der Waals surface area contributed by atoms with Gasteiger partial charge in [0.25, 0.3) is 5.91 Å². The van der Waals surface area contributed by atoms with Crippen molar-refractivity contribution in [1.82, 2.24) is 5.32 Å². The van der Waals surface area contributed by atoms with Gasteiger partial charge in [0.05, 0.1) is 16.7 Å². The zero-order valence-corrected chi connectivity index (χ0v) is 13.0. The molecule has 116 valence electrons. The second-order valence-electron chi connectivity index (χ2n) is 5.44. The van der Waals surface area contributed by atoms with Crippen LogP contribution < -0.4 is 5.32 Å². The Bertz CT molecular complexity index is 807. The molecule has 1 amide bonds. The van der Waals surface area contributed by atoms with E-state index in [1.807, 2.05) is 0 Å². The van der Waals surface area contributed by atoms with E-state index in [9.17, 15) is 13.2 Å². The lowest BCUT2D eigenvalue weighted by Gasteiger charge is -2.18. The smallest absolute Gasteiger partial charge is 0.287 e. The second-order valence-corrected chi connectivity index (χ2v) is 7.51. The van der Waals surface area contributed by atoms with Crippen LogP contribution in [0.1, 0.15) is 40.8 Å². The summed E-state index contributed by atoms with van der Waals surface area (Å²) in [6.45, 7) is 1.77. The van der Waals surface area contributed by atoms with E-state index in [1.54, 1.807) is 43.3 Å². The Hall–Kier alpha value is -2.08. The van der Waals surface area contributed by atoms with Gasteiger partial charge in [0.15, 0.2) is 15.6 Å². The van der Waals surface area contributed by atoms with Crippen molar-refractivity contribution >= 4 is 15.7 Å². The van der Waals surface area contributed by atoms with E-state index in [1.165, 1.54) is 0 Å². The summed E-state index contributed by atoms with van der Waals surface area (Å²) in [4.78, 5) is 12.6. The molecule has 0 fully saturated rings. The highest BCUT2D eigenvalue weighted by atomic mass is 32.2. The number of benzene rings is 1. The summed E-state index contributed by atoms with van der Waals surface area (Å²) in [5.41, 5.74) is 0.650. The van der Waals surface area contributed by atoms with Crippen LogP contribution in [0.15, 0.2) is 45.7 Å². The van der Waals surface area contributed by atoms with E-state index in [0.717, 1.165) is 0 Å². The van der Waals surface area contributed by atoms with E-state index in [4.69, 9.17) is 4.42 Å². The first-order valence-corrected chi connectivity index (χ1v) is 8.81. The number of sulfone groups is 1. The Morgan fingerprint density at radius 1 is 1.23 bits per heavy atom. The van der Waals surface area contributed by atoms with Gasteiger partial charge in [0.1, 0.15) is 5.76 Å². The van der Waals surface area contributed by atoms with Gasteiger partial charge in [-0.3, -0.25) is 4.79 Å². The maximum Gasteiger partial charge on any atom is 0.287 e. The van der Waals surface area contributed by atoms with Gasteiger partial charge >= 0.3 is 0 Å². The molecule has 1 aliphatic heterocycles. The van der Waals surface area contributed by atoms with E-state index in [2.05, 4.69) is 5.32 Å². The molecule has 0 saturated heterocycles. The van der Waals surface area contributed by atoms with Crippen molar-refractivity contribution in [2.45, 2.75) is 30.7 Å². The molecular weight excluding hydrogens is 302 g/mol. The van der Waals surface area contributed by atoms with Crippen molar-refractivity contribution in [3.05, 3.63) is 53.5 Å². The molecule has 3 rings (SSSR count). The summed E-state index contributed by atoms with van der Waals surface area (Å²) in [5, 5.41) is 2.89. The van der Waals surface area contributed by atoms with Gasteiger partial charge in [-0.15, -0.1) is 0 Å². The highest BCUT2D eigenvalue weighted by Crippen LogP contribution is 2.31. The number of furan rings is 1. The van der Waals surface area contributed by atoms with Crippen LogP contribution in [0.25, 0.3) is 0 Å². The van der Waals surface area contributed by atoms with Crippen molar-refractivity contribution < 1.29 is 17.6 Å². The van der Waals surface area contributed by atoms with E-state index in [-0.39, 0.29) is 23.5 Å². The normalized spacial score (nSPS) is 20.0. The van der Waals surface area contributed by atoms with Crippen LogP contribution in [0.2, 0.25) is 0 Å². The number of hydrogen-bond donors (Lipinski definition) is 1. The second kappa shape index (κ2) is 5.61. The van der Waals surface area contributed by atoms with Crippen LogP contribution >= 0.6 is 0 Å². The SMILES string of the molecule is Cc1ccc(C(=O)NC2CCCS(=O)(=O)c3ccccc32)o1. The van der Waals surface area contributed by atoms with Crippen molar-refractivity contribution in [3.8, 4) is 0 Å². The molecule has 1 unspecified atom stereocenters. The molecule has 2 aromatic rings. The van der Waals surface area contributed by atoms with E-state index < -0.39 is 9.84 Å². The summed E-state index contributed by atoms with van der Waals surface area (Å²) >= 11 is 0. The number of amides is 1. The number of carbonyl (C=O) groups excluding carboxylic acids is 1. The molecule has 2 heterocycles. The summed E-state index contributed by atoms with van der Waals surface area (Å²) in [5.74, 6) is 0.680. The van der Waals surface area contributed by atoms with Crippen LogP contribution in [0, 0.1) is 6.92 Å². The highest BCUT2D eigenvalue weighted by Gasteiger charge is 2.28. The third-order valence-corrected chi connectivity index (χ3v) is 5.67. The van der Waals surface area contributed by atoms with Gasteiger partial charge in [-0.2, -0.15) is 0 Å². The molecule has 22 heavy (non-hydrogen) atoms. The van der Waals surface area contributed by atoms with Crippen molar-refractivity contribution in [3.63, 3.8) is 0 Å². The predicted molar refractivity (Wildman–Crippen MR) is 81.4 cm³/mol. The maximum atomic E-state index is 12.3. The lowest BCUT2D eigenvalue weighted by molar-refractivity contribution is 0.0904. The quantitative estimate of drug-likeness (QED) is 0.923. The molecule has 1 aromatic carbocycles. The Labute approximate surface area is 129 Å². The van der Waals surface area contributed by atoms with Gasteiger partial charge in [-0.1, -0.05) is 18.2 Å². The Kier molecular flexibility index (Phi) is 3.78. The third-order valence-electron chi connectivity index (χ3n) is 3.80. The fraction of sp³-hybridized carbons (Fsp3) is 0.312. The molecule has 6 heteroatoms. The Balaban J connectivity index is 1.92. The number of rotatable bonds is 2. The Morgan fingerprint density at radius 3 is 2.73 bits per heavy atom. The molecule has 5 nitrogen and oxygen atoms in total. The molecule has 0 saturated carbocycles. The molecule has 0 bridgehead atoms. The first kappa shape index (κ1) is 14.8. The van der Waals surface area contributed by atoms with Crippen LogP contribution in [-0.2, 0) is 9.84 Å². The molecule has 1 aromatic heterocycles. The summed E-state index contributed by atoms with van der Waals surface area (Å²) in [7, 11) is -3.28. The molecule has 0 spiro atoms. The fourth-order valence-electron chi connectivity index (χ4n) is 2.73. The van der Waals surface area contributed by atoms with Gasteiger partial charge in [-0.05, 0) is 43.5 Å². The lowest BCUT2D eigenvalue weighted by Crippen LogP contribution is -2.28. The van der Waals surface area contributed by atoms with Crippen LogP contribution in [-0.4, -0.2) is 20.1 Å². The molecule has 1 N–H and O–H groups in total. The molecule has 1 aliphatic rings. The van der Waals surface area contributed by atoms with Crippen molar-refractivity contribution in [1.29, 1.82) is 0 Å². The number of fused-ring (bicyclic) bond motifs is 1. The van der Waals surface area contributed by atoms with Gasteiger partial charge in [0.2, 0.25) is 0 Å². The van der Waals surface area contributed by atoms with E-state index >= 15 is 0 Å². The van der Waals surface area contributed by atoms with Crippen molar-refractivity contribution in [2.24, 2.45) is 0 Å². The van der Waals surface area contributed by atoms with E-state index in [0.29, 0.717) is 29.1 Å². The monoisotopic (exact) mass is 319 g/mol. The summed E-state index contributed by atoms with van der Waals surface area (Å²) in [6, 6.07) is 9.87. The van der Waals surface area contributed by atoms with Crippen LogP contribution in [0.3, 0.4) is 0 Å². The zero-order valence-electron chi connectivity index (χ0n) is 12.2. The third kappa shape index (κ3) is 2.78. The average molecular weight is 319 g/mol. The molecule has 0 radical (unpaired) electrons. The van der Waals surface area contributed by atoms with Crippen molar-refractivity contribution in [2.75, 3.05) is 5.75 Å². The number of nitrogens with one attached hydrogen (secondary N) is 1. The first-order valence-electron chi connectivity index (χ1n) is 7.16. The summed E-state index contributed by atoms with van der Waals surface area (Å²) in [6.07, 6.45) is 1.10. The van der Waals surface area contributed by atoms with Gasteiger partial charge in [0, 0.05) is 0 Å². The van der Waals surface area contributed by atoms with Gasteiger partial charge < -0.3 is 9.73 Å². The topological polar surface area (TPSA) is 76.4 Å². The number of aryl methyl sites for hydroxylation is 1. The van der Waals surface area contributed by atoms with Crippen LogP contribution in [0.4, 0.5) is 0 Å². The molecule has 1 atom stereocenters. The Morgan fingerprint density at radius 2 is 2.00 bits per heavy atom. The van der Waals surface area contributed by atoms with Gasteiger partial charge in [-0.25, -0.2) is 8.42 Å². The largest absolute Gasteiger partial charge is 0.456 e. The predicted octanol–water partition coefficient (Wildman–Crippen LogP) is 2.63. The molecule has 0 aliphatic carbocycles. The molecular formula is C16H17NO4S. The average Bonchev–Trinajstić information content (AvgIpc) is 2.87. The number of carbonyl (C=O) groups is 1. The fourth-order valence-corrected chi connectivity index (χ4v) is 4.35. The minimum Gasteiger partial charge on any atom is -0.456 e. The highest BCUT2D eigenvalue weighted by molar-refractivity contribution is 7.91. The lowest BCUT2D eigenvalue weighted by atomic mass is 10.0. The summed E-state index contributed by atoms with van der Waals surface area (Å²) < 4.78 is 29.8. The zero-order chi connectivity index (χ0) is 15.7. The first-order chi connectivity index (χ1) is 10.5. The minimum atomic E-state index is -3.28. The number of hydrogen-bond acceptors (Lipinski definition) is 4.